The molecule has 17 heavy (non-hydrogen) atoms. The van der Waals surface area contributed by atoms with Crippen LogP contribution in [0.15, 0.2) is 0 Å². The van der Waals surface area contributed by atoms with Crippen molar-refractivity contribution >= 4 is 0 Å². The molecule has 2 saturated heterocycles. The fourth-order valence-corrected chi connectivity index (χ4v) is 2.27. The highest BCUT2D eigenvalue weighted by Crippen LogP contribution is 2.28. The van der Waals surface area contributed by atoms with Crippen molar-refractivity contribution in [2.75, 3.05) is 13.2 Å². The number of ether oxygens (including phenoxy) is 2. The molecule has 2 aliphatic heterocycles. The molecule has 6 heteroatoms. The number of hydrogen-bond donors (Lipinski definition) is 4. The van der Waals surface area contributed by atoms with Crippen molar-refractivity contribution in [2.24, 2.45) is 0 Å². The van der Waals surface area contributed by atoms with Crippen LogP contribution in [0.5, 0.6) is 0 Å². The van der Waals surface area contributed by atoms with Gasteiger partial charge in [-0.05, 0) is 19.8 Å². The van der Waals surface area contributed by atoms with Gasteiger partial charge < -0.3 is 29.9 Å². The van der Waals surface area contributed by atoms with E-state index in [1.807, 2.05) is 0 Å². The topological polar surface area (TPSA) is 99.4 Å². The maximum absolute atomic E-state index is 9.84. The molecule has 0 amide bonds. The van der Waals surface area contributed by atoms with E-state index in [4.69, 9.17) is 9.47 Å². The first kappa shape index (κ1) is 13.2. The Morgan fingerprint density at radius 3 is 2.29 bits per heavy atom. The van der Waals surface area contributed by atoms with Crippen molar-refractivity contribution in [3.63, 3.8) is 0 Å². The molecule has 6 nitrogen and oxygen atoms in total. The van der Waals surface area contributed by atoms with Crippen molar-refractivity contribution < 1.29 is 29.9 Å². The Kier molecular flexibility index (Phi) is 3.72. The molecule has 0 aliphatic carbocycles. The summed E-state index contributed by atoms with van der Waals surface area (Å²) >= 11 is 0. The van der Waals surface area contributed by atoms with Crippen LogP contribution in [0.2, 0.25) is 0 Å². The number of hydrogen-bond acceptors (Lipinski definition) is 6. The summed E-state index contributed by atoms with van der Waals surface area (Å²) in [6.07, 6.45) is -3.60. The van der Waals surface area contributed by atoms with Gasteiger partial charge in [0.15, 0.2) is 0 Å². The fraction of sp³-hybridized carbons (Fsp3) is 1.00. The van der Waals surface area contributed by atoms with Gasteiger partial charge in [0, 0.05) is 0 Å². The summed E-state index contributed by atoms with van der Waals surface area (Å²) in [4.78, 5) is 0. The molecular weight excluding hydrogens is 228 g/mol. The van der Waals surface area contributed by atoms with E-state index in [9.17, 15) is 20.4 Å². The van der Waals surface area contributed by atoms with E-state index in [0.29, 0.717) is 26.1 Å². The third kappa shape index (κ3) is 2.62. The van der Waals surface area contributed by atoms with E-state index >= 15 is 0 Å². The zero-order chi connectivity index (χ0) is 12.6. The molecule has 2 rings (SSSR count). The van der Waals surface area contributed by atoms with Gasteiger partial charge in [-0.2, -0.15) is 0 Å². The van der Waals surface area contributed by atoms with Crippen molar-refractivity contribution in [3.05, 3.63) is 0 Å². The standard InChI is InChI=1S/C11H20O6/c1-6-8(12)10(14)9(13)7(17-6)2-3-11(15)4-16-5-11/h6-10,12-15H,2-5H2,1H3/t6?,7-,8-,9-,10-/m1/s1. The number of aliphatic hydroxyl groups excluding tert-OH is 3. The third-order valence-corrected chi connectivity index (χ3v) is 3.59. The van der Waals surface area contributed by atoms with Crippen LogP contribution < -0.4 is 0 Å². The van der Waals surface area contributed by atoms with Gasteiger partial charge in [-0.15, -0.1) is 0 Å². The predicted molar refractivity (Wildman–Crippen MR) is 57.4 cm³/mol. The molecule has 0 saturated carbocycles. The van der Waals surface area contributed by atoms with E-state index < -0.39 is 36.1 Å². The molecule has 5 atom stereocenters. The molecule has 0 spiro atoms. The first-order chi connectivity index (χ1) is 7.93. The van der Waals surface area contributed by atoms with E-state index in [2.05, 4.69) is 0 Å². The highest BCUT2D eigenvalue weighted by molar-refractivity contribution is 4.93. The van der Waals surface area contributed by atoms with Gasteiger partial charge in [0.2, 0.25) is 0 Å². The lowest BCUT2D eigenvalue weighted by molar-refractivity contribution is -0.228. The lowest BCUT2D eigenvalue weighted by Crippen LogP contribution is -2.57. The summed E-state index contributed by atoms with van der Waals surface area (Å²) < 4.78 is 10.4. The van der Waals surface area contributed by atoms with Crippen molar-refractivity contribution in [2.45, 2.75) is 55.9 Å². The van der Waals surface area contributed by atoms with Gasteiger partial charge in [0.1, 0.15) is 23.9 Å². The molecular formula is C11H20O6. The van der Waals surface area contributed by atoms with E-state index in [0.717, 1.165) is 0 Å². The molecule has 0 radical (unpaired) electrons. The third-order valence-electron chi connectivity index (χ3n) is 3.59. The Morgan fingerprint density at radius 1 is 1.12 bits per heavy atom. The largest absolute Gasteiger partial charge is 0.388 e. The quantitative estimate of drug-likeness (QED) is 0.480. The molecule has 1 unspecified atom stereocenters. The van der Waals surface area contributed by atoms with Crippen molar-refractivity contribution in [3.8, 4) is 0 Å². The van der Waals surface area contributed by atoms with Gasteiger partial charge in [-0.1, -0.05) is 0 Å². The molecule has 0 aromatic rings. The molecule has 2 fully saturated rings. The van der Waals surface area contributed by atoms with E-state index in [-0.39, 0.29) is 0 Å². The Hall–Kier alpha value is -0.240. The molecule has 0 aromatic carbocycles. The van der Waals surface area contributed by atoms with Gasteiger partial charge in [-0.25, -0.2) is 0 Å². The summed E-state index contributed by atoms with van der Waals surface area (Å²) in [5, 5.41) is 38.7. The number of aliphatic hydroxyl groups is 4. The lowest BCUT2D eigenvalue weighted by Gasteiger charge is -2.42. The average molecular weight is 248 g/mol. The monoisotopic (exact) mass is 248 g/mol. The average Bonchev–Trinajstić information content (AvgIpc) is 2.27. The summed E-state index contributed by atoms with van der Waals surface area (Å²) in [6, 6.07) is 0. The smallest absolute Gasteiger partial charge is 0.111 e. The lowest BCUT2D eigenvalue weighted by atomic mass is 9.88. The van der Waals surface area contributed by atoms with Crippen LogP contribution >= 0.6 is 0 Å². The second kappa shape index (κ2) is 4.79. The van der Waals surface area contributed by atoms with Crippen LogP contribution in [-0.2, 0) is 9.47 Å². The Balaban J connectivity index is 1.87. The number of rotatable bonds is 3. The Bertz CT molecular complexity index is 267. The van der Waals surface area contributed by atoms with Crippen LogP contribution in [0.4, 0.5) is 0 Å². The highest BCUT2D eigenvalue weighted by Gasteiger charge is 2.43. The Labute approximate surface area is 99.8 Å². The molecule has 2 heterocycles. The molecule has 100 valence electrons. The van der Waals surface area contributed by atoms with Gasteiger partial charge in [0.25, 0.3) is 0 Å². The molecule has 2 aliphatic rings. The van der Waals surface area contributed by atoms with E-state index in [1.54, 1.807) is 6.92 Å². The summed E-state index contributed by atoms with van der Waals surface area (Å²) in [6.45, 7) is 2.25. The molecule has 0 aromatic heterocycles. The molecule has 4 N–H and O–H groups in total. The SMILES string of the molecule is CC1O[C@H](CCC2(O)COC2)[C@@H](O)[C@H](O)[C@@H]1O. The van der Waals surface area contributed by atoms with Crippen LogP contribution in [-0.4, -0.2) is 69.8 Å². The Morgan fingerprint density at radius 2 is 1.76 bits per heavy atom. The van der Waals surface area contributed by atoms with Crippen LogP contribution in [0.1, 0.15) is 19.8 Å². The summed E-state index contributed by atoms with van der Waals surface area (Å²) in [7, 11) is 0. The van der Waals surface area contributed by atoms with Crippen LogP contribution in [0.3, 0.4) is 0 Å². The highest BCUT2D eigenvalue weighted by atomic mass is 16.5. The van der Waals surface area contributed by atoms with Gasteiger partial charge in [0.05, 0.1) is 25.4 Å². The van der Waals surface area contributed by atoms with Crippen molar-refractivity contribution in [1.82, 2.24) is 0 Å². The minimum absolute atomic E-state index is 0.302. The van der Waals surface area contributed by atoms with Crippen LogP contribution in [0, 0.1) is 0 Å². The van der Waals surface area contributed by atoms with Crippen LogP contribution in [0.25, 0.3) is 0 Å². The first-order valence-corrected chi connectivity index (χ1v) is 5.93. The zero-order valence-corrected chi connectivity index (χ0v) is 9.82. The maximum atomic E-state index is 9.84. The maximum Gasteiger partial charge on any atom is 0.111 e. The van der Waals surface area contributed by atoms with E-state index in [1.165, 1.54) is 0 Å². The second-order valence-corrected chi connectivity index (χ2v) is 5.11. The minimum Gasteiger partial charge on any atom is -0.388 e. The minimum atomic E-state index is -1.20. The summed E-state index contributed by atoms with van der Waals surface area (Å²) in [5.74, 6) is 0. The first-order valence-electron chi connectivity index (χ1n) is 5.93. The predicted octanol–water partition coefficient (Wildman–Crippen LogP) is -1.60. The molecule has 0 bridgehead atoms. The van der Waals surface area contributed by atoms with Gasteiger partial charge in [-0.3, -0.25) is 0 Å². The zero-order valence-electron chi connectivity index (χ0n) is 9.82. The summed E-state index contributed by atoms with van der Waals surface area (Å²) in [5.41, 5.74) is -0.826. The van der Waals surface area contributed by atoms with Gasteiger partial charge >= 0.3 is 0 Å². The fourth-order valence-electron chi connectivity index (χ4n) is 2.27. The second-order valence-electron chi connectivity index (χ2n) is 5.11. The van der Waals surface area contributed by atoms with Crippen molar-refractivity contribution in [1.29, 1.82) is 0 Å². The normalized spacial score (nSPS) is 45.4.